The lowest BCUT2D eigenvalue weighted by Gasteiger charge is -2.39. The van der Waals surface area contributed by atoms with E-state index in [1.165, 1.54) is 11.3 Å². The van der Waals surface area contributed by atoms with Crippen LogP contribution >= 0.6 is 24.0 Å². The Kier molecular flexibility index (Phi) is 9.04. The Morgan fingerprint density at radius 2 is 1.78 bits per heavy atom. The second kappa shape index (κ2) is 11.5. The number of carbonyl (C=O) groups excluding carboxylic acids is 1. The van der Waals surface area contributed by atoms with Gasteiger partial charge in [0.1, 0.15) is 0 Å². The molecular weight excluding hydrogens is 515 g/mol. The zero-order chi connectivity index (χ0) is 21.8. The van der Waals surface area contributed by atoms with Crippen LogP contribution in [0.15, 0.2) is 29.3 Å². The molecule has 3 heterocycles. The summed E-state index contributed by atoms with van der Waals surface area (Å²) in [5.74, 6) is 1.27. The van der Waals surface area contributed by atoms with Gasteiger partial charge in [0.25, 0.3) is 0 Å². The molecule has 1 N–H and O–H groups in total. The van der Waals surface area contributed by atoms with Crippen molar-refractivity contribution in [2.45, 2.75) is 45.2 Å². The highest BCUT2D eigenvalue weighted by atomic mass is 127. The van der Waals surface area contributed by atoms with Crippen LogP contribution in [0.3, 0.4) is 0 Å². The Balaban J connectivity index is 0.00000289. The maximum Gasteiger partial charge on any atom is 0.239 e. The van der Waals surface area contributed by atoms with E-state index in [2.05, 4.69) is 63.1 Å². The summed E-state index contributed by atoms with van der Waals surface area (Å²) >= 11 is 0. The number of hydrogen-bond acceptors (Lipinski definition) is 4. The summed E-state index contributed by atoms with van der Waals surface area (Å²) < 4.78 is 0. The van der Waals surface area contributed by atoms with Crippen molar-refractivity contribution >= 4 is 41.5 Å². The number of nitrogens with one attached hydrogen (secondary N) is 1. The number of benzene rings is 1. The minimum atomic E-state index is -0.0213. The molecule has 0 spiro atoms. The fourth-order valence-corrected chi connectivity index (χ4v) is 5.27. The van der Waals surface area contributed by atoms with Gasteiger partial charge in [-0.25, -0.2) is 0 Å². The summed E-state index contributed by atoms with van der Waals surface area (Å²) in [6, 6.07) is 9.26. The molecule has 1 aromatic rings. The predicted octanol–water partition coefficient (Wildman–Crippen LogP) is 2.26. The van der Waals surface area contributed by atoms with Gasteiger partial charge in [-0.05, 0) is 44.7 Å². The lowest BCUT2D eigenvalue weighted by atomic mass is 10.1. The number of anilines is 1. The molecular formula is C24H39IN6O. The van der Waals surface area contributed by atoms with Crippen LogP contribution in [0.25, 0.3) is 0 Å². The average molecular weight is 555 g/mol. The molecule has 178 valence electrons. The number of rotatable bonds is 5. The molecule has 7 nitrogen and oxygen atoms in total. The van der Waals surface area contributed by atoms with E-state index < -0.39 is 0 Å². The number of fused-ring (bicyclic) bond motifs is 1. The van der Waals surface area contributed by atoms with Gasteiger partial charge < -0.3 is 20.0 Å². The Hall–Kier alpha value is -1.55. The molecule has 0 aliphatic carbocycles. The van der Waals surface area contributed by atoms with Gasteiger partial charge in [-0.1, -0.05) is 18.2 Å². The zero-order valence-electron chi connectivity index (χ0n) is 19.8. The number of amides is 1. The third-order valence-electron chi connectivity index (χ3n) is 7.13. The van der Waals surface area contributed by atoms with Gasteiger partial charge in [-0.2, -0.15) is 0 Å². The summed E-state index contributed by atoms with van der Waals surface area (Å²) in [4.78, 5) is 26.4. The number of hydrogen-bond donors (Lipinski definition) is 1. The Morgan fingerprint density at radius 3 is 2.47 bits per heavy atom. The number of halogens is 1. The molecule has 0 saturated carbocycles. The Labute approximate surface area is 210 Å². The first-order valence-corrected chi connectivity index (χ1v) is 11.9. The predicted molar refractivity (Wildman–Crippen MR) is 142 cm³/mol. The van der Waals surface area contributed by atoms with Gasteiger partial charge >= 0.3 is 0 Å². The highest BCUT2D eigenvalue weighted by molar-refractivity contribution is 14.0. The Bertz CT molecular complexity index is 788. The summed E-state index contributed by atoms with van der Waals surface area (Å²) in [5.41, 5.74) is 2.82. The van der Waals surface area contributed by atoms with Crippen molar-refractivity contribution in [1.29, 1.82) is 0 Å². The molecule has 2 fully saturated rings. The van der Waals surface area contributed by atoms with Crippen LogP contribution in [-0.2, 0) is 11.2 Å². The van der Waals surface area contributed by atoms with Crippen LogP contribution in [0.4, 0.5) is 5.69 Å². The van der Waals surface area contributed by atoms with Crippen LogP contribution < -0.4 is 10.2 Å². The van der Waals surface area contributed by atoms with E-state index in [9.17, 15) is 4.79 Å². The van der Waals surface area contributed by atoms with Crippen LogP contribution in [0.5, 0.6) is 0 Å². The first kappa shape index (κ1) is 25.1. The molecule has 32 heavy (non-hydrogen) atoms. The molecule has 2 saturated heterocycles. The smallest absolute Gasteiger partial charge is 0.239 e. The third kappa shape index (κ3) is 5.50. The van der Waals surface area contributed by atoms with E-state index in [1.54, 1.807) is 0 Å². The molecule has 2 atom stereocenters. The van der Waals surface area contributed by atoms with Gasteiger partial charge in [0.05, 0.1) is 6.04 Å². The van der Waals surface area contributed by atoms with Crippen molar-refractivity contribution in [3.63, 3.8) is 0 Å². The van der Waals surface area contributed by atoms with Crippen LogP contribution in [0, 0.1) is 0 Å². The van der Waals surface area contributed by atoms with Crippen molar-refractivity contribution in [2.24, 2.45) is 4.99 Å². The molecule has 0 bridgehead atoms. The van der Waals surface area contributed by atoms with Gasteiger partial charge in [0.2, 0.25) is 5.91 Å². The van der Waals surface area contributed by atoms with E-state index in [0.717, 1.165) is 77.6 Å². The topological polar surface area (TPSA) is 54.4 Å². The second-order valence-electron chi connectivity index (χ2n) is 9.08. The summed E-state index contributed by atoms with van der Waals surface area (Å²) in [7, 11) is 1.86. The number of carbonyl (C=O) groups is 1. The third-order valence-corrected chi connectivity index (χ3v) is 7.13. The molecule has 0 aromatic heterocycles. The minimum absolute atomic E-state index is 0. The van der Waals surface area contributed by atoms with Crippen LogP contribution in [0.2, 0.25) is 0 Å². The fourth-order valence-electron chi connectivity index (χ4n) is 5.27. The maximum atomic E-state index is 12.7. The quantitative estimate of drug-likeness (QED) is 0.344. The van der Waals surface area contributed by atoms with Gasteiger partial charge in [-0.3, -0.25) is 14.7 Å². The largest absolute Gasteiger partial charge is 0.367 e. The highest BCUT2D eigenvalue weighted by Crippen LogP contribution is 2.31. The molecule has 4 rings (SSSR count). The van der Waals surface area contributed by atoms with Gasteiger partial charge in [0, 0.05) is 71.1 Å². The lowest BCUT2D eigenvalue weighted by Crippen LogP contribution is -2.57. The van der Waals surface area contributed by atoms with E-state index in [1.807, 2.05) is 11.9 Å². The maximum absolute atomic E-state index is 12.7. The highest BCUT2D eigenvalue weighted by Gasteiger charge is 2.30. The van der Waals surface area contributed by atoms with E-state index >= 15 is 0 Å². The Morgan fingerprint density at radius 1 is 1.09 bits per heavy atom. The minimum Gasteiger partial charge on any atom is -0.367 e. The number of aliphatic imine (C=N–C) groups is 1. The van der Waals surface area contributed by atoms with Crippen molar-refractivity contribution in [1.82, 2.24) is 20.0 Å². The zero-order valence-corrected chi connectivity index (χ0v) is 22.1. The van der Waals surface area contributed by atoms with Crippen molar-refractivity contribution in [3.05, 3.63) is 29.8 Å². The molecule has 1 amide bonds. The number of likely N-dealkylation sites (tertiary alicyclic amines) is 1. The van der Waals surface area contributed by atoms with Gasteiger partial charge in [-0.15, -0.1) is 24.0 Å². The number of guanidine groups is 1. The number of para-hydroxylation sites is 1. The summed E-state index contributed by atoms with van der Waals surface area (Å²) in [6.45, 7) is 11.7. The first-order valence-electron chi connectivity index (χ1n) is 11.9. The standard InChI is InChI=1S/C24H38N6O.HI/c1-19-18-21-8-4-5-9-22(21)30(19)13-10-26-24(25-3)29-16-14-27(15-17-29)20(2)23(31)28-11-6-7-12-28;/h4-5,8-9,19-20H,6-7,10-18H2,1-3H3,(H,25,26);1H. The normalized spacial score (nSPS) is 22.5. The fraction of sp³-hybridized carbons (Fsp3) is 0.667. The molecule has 3 aliphatic rings. The molecule has 8 heteroatoms. The van der Waals surface area contributed by atoms with Crippen molar-refractivity contribution < 1.29 is 4.79 Å². The van der Waals surface area contributed by atoms with Crippen LogP contribution in [-0.4, -0.2) is 98.1 Å². The molecule has 3 aliphatic heterocycles. The monoisotopic (exact) mass is 554 g/mol. The van der Waals surface area contributed by atoms with E-state index in [0.29, 0.717) is 11.9 Å². The van der Waals surface area contributed by atoms with Crippen LogP contribution in [0.1, 0.15) is 32.3 Å². The first-order chi connectivity index (χ1) is 15.1. The van der Waals surface area contributed by atoms with E-state index in [-0.39, 0.29) is 30.0 Å². The summed E-state index contributed by atoms with van der Waals surface area (Å²) in [5, 5.41) is 3.57. The molecule has 0 radical (unpaired) electrons. The van der Waals surface area contributed by atoms with Crippen molar-refractivity contribution in [3.8, 4) is 0 Å². The number of piperazine rings is 1. The van der Waals surface area contributed by atoms with Gasteiger partial charge in [0.15, 0.2) is 5.96 Å². The van der Waals surface area contributed by atoms with E-state index in [4.69, 9.17) is 0 Å². The lowest BCUT2D eigenvalue weighted by molar-refractivity contribution is -0.135. The second-order valence-corrected chi connectivity index (χ2v) is 9.08. The molecule has 1 aromatic carbocycles. The number of nitrogens with zero attached hydrogens (tertiary/aromatic N) is 5. The van der Waals surface area contributed by atoms with Crippen molar-refractivity contribution in [2.75, 3.05) is 64.3 Å². The SMILES string of the molecule is CN=C(NCCN1c2ccccc2CC1C)N1CCN(C(C)C(=O)N2CCCC2)CC1.I. The average Bonchev–Trinajstić information content (AvgIpc) is 3.44. The molecule has 2 unspecified atom stereocenters. The summed E-state index contributed by atoms with van der Waals surface area (Å²) in [6.07, 6.45) is 3.42.